The van der Waals surface area contributed by atoms with Gasteiger partial charge in [0.25, 0.3) is 0 Å². The van der Waals surface area contributed by atoms with Crippen LogP contribution in [0.15, 0.2) is 18.2 Å². The number of aliphatic hydroxyl groups excluding tert-OH is 1. The van der Waals surface area contributed by atoms with Gasteiger partial charge in [-0.05, 0) is 24.6 Å². The Morgan fingerprint density at radius 3 is 3.15 bits per heavy atom. The molecule has 0 bridgehead atoms. The quantitative estimate of drug-likeness (QED) is 0.687. The Balaban J connectivity index is 2.41. The van der Waals surface area contributed by atoms with Gasteiger partial charge in [-0.1, -0.05) is 0 Å². The van der Waals surface area contributed by atoms with Crippen LogP contribution < -0.4 is 10.1 Å². The van der Waals surface area contributed by atoms with Gasteiger partial charge in [0.1, 0.15) is 5.75 Å². The zero-order valence-corrected chi connectivity index (χ0v) is 7.58. The van der Waals surface area contributed by atoms with Crippen molar-refractivity contribution in [2.24, 2.45) is 0 Å². The fraction of sp³-hybridized carbons (Fsp3) is 0.400. The largest absolute Gasteiger partial charge is 0.497 e. The van der Waals surface area contributed by atoms with Crippen molar-refractivity contribution < 1.29 is 9.84 Å². The Morgan fingerprint density at radius 2 is 2.38 bits per heavy atom. The maximum absolute atomic E-state index is 9.69. The predicted octanol–water partition coefficient (Wildman–Crippen LogP) is 1.54. The molecule has 0 amide bonds. The van der Waals surface area contributed by atoms with Crippen LogP contribution in [0.3, 0.4) is 0 Å². The number of aliphatic hydroxyl groups is 1. The molecule has 3 heteroatoms. The van der Waals surface area contributed by atoms with Crippen molar-refractivity contribution >= 4 is 5.69 Å². The average molecular weight is 179 g/mol. The van der Waals surface area contributed by atoms with E-state index < -0.39 is 0 Å². The molecule has 13 heavy (non-hydrogen) atoms. The SMILES string of the molecule is COc1ccc2c(c1)C(O)CCN2. The molecule has 0 radical (unpaired) electrons. The van der Waals surface area contributed by atoms with E-state index in [4.69, 9.17) is 4.74 Å². The summed E-state index contributed by atoms with van der Waals surface area (Å²) >= 11 is 0. The zero-order valence-electron chi connectivity index (χ0n) is 7.58. The van der Waals surface area contributed by atoms with Crippen LogP contribution in [0.2, 0.25) is 0 Å². The highest BCUT2D eigenvalue weighted by Crippen LogP contribution is 2.32. The highest BCUT2D eigenvalue weighted by atomic mass is 16.5. The maximum Gasteiger partial charge on any atom is 0.119 e. The summed E-state index contributed by atoms with van der Waals surface area (Å²) in [7, 11) is 1.63. The van der Waals surface area contributed by atoms with E-state index in [1.165, 1.54) is 0 Å². The molecule has 0 spiro atoms. The predicted molar refractivity (Wildman–Crippen MR) is 51.1 cm³/mol. The van der Waals surface area contributed by atoms with Crippen LogP contribution in [0.4, 0.5) is 5.69 Å². The van der Waals surface area contributed by atoms with Crippen LogP contribution in [-0.4, -0.2) is 18.8 Å². The molecule has 1 aromatic rings. The standard InChI is InChI=1S/C10H13NO2/c1-13-7-2-3-9-8(6-7)10(12)4-5-11-9/h2-3,6,10-12H,4-5H2,1H3. The molecule has 0 saturated heterocycles. The summed E-state index contributed by atoms with van der Waals surface area (Å²) in [5.74, 6) is 0.793. The summed E-state index contributed by atoms with van der Waals surface area (Å²) in [6, 6.07) is 5.71. The molecule has 1 aliphatic rings. The molecule has 0 aromatic heterocycles. The number of rotatable bonds is 1. The number of hydrogen-bond acceptors (Lipinski definition) is 3. The molecule has 3 nitrogen and oxygen atoms in total. The Bertz CT molecular complexity index is 312. The molecule has 0 aliphatic carbocycles. The second kappa shape index (κ2) is 3.26. The second-order valence-electron chi connectivity index (χ2n) is 3.18. The first kappa shape index (κ1) is 8.38. The van der Waals surface area contributed by atoms with Gasteiger partial charge in [0.2, 0.25) is 0 Å². The van der Waals surface area contributed by atoms with Gasteiger partial charge in [0, 0.05) is 17.8 Å². The molecule has 1 aromatic carbocycles. The zero-order chi connectivity index (χ0) is 9.26. The molecule has 0 saturated carbocycles. The highest BCUT2D eigenvalue weighted by molar-refractivity contribution is 5.56. The fourth-order valence-electron chi connectivity index (χ4n) is 1.60. The van der Waals surface area contributed by atoms with Gasteiger partial charge in [-0.25, -0.2) is 0 Å². The lowest BCUT2D eigenvalue weighted by atomic mass is 10.0. The average Bonchev–Trinajstić information content (AvgIpc) is 2.18. The summed E-state index contributed by atoms with van der Waals surface area (Å²) < 4.78 is 5.09. The number of ether oxygens (including phenoxy) is 1. The van der Waals surface area contributed by atoms with Crippen molar-refractivity contribution in [1.82, 2.24) is 0 Å². The third-order valence-corrected chi connectivity index (χ3v) is 2.35. The molecular formula is C10H13NO2. The van der Waals surface area contributed by atoms with Gasteiger partial charge >= 0.3 is 0 Å². The topological polar surface area (TPSA) is 41.5 Å². The van der Waals surface area contributed by atoms with E-state index in [2.05, 4.69) is 5.32 Å². The van der Waals surface area contributed by atoms with Gasteiger partial charge in [0.05, 0.1) is 13.2 Å². The Hall–Kier alpha value is -1.22. The van der Waals surface area contributed by atoms with Crippen molar-refractivity contribution in [3.05, 3.63) is 23.8 Å². The number of benzene rings is 1. The van der Waals surface area contributed by atoms with Gasteiger partial charge in [0.15, 0.2) is 0 Å². The number of methoxy groups -OCH3 is 1. The van der Waals surface area contributed by atoms with E-state index in [0.717, 1.165) is 30.0 Å². The molecule has 0 fully saturated rings. The lowest BCUT2D eigenvalue weighted by molar-refractivity contribution is 0.168. The van der Waals surface area contributed by atoms with Crippen LogP contribution in [0, 0.1) is 0 Å². The molecular weight excluding hydrogens is 166 g/mol. The first-order valence-electron chi connectivity index (χ1n) is 4.41. The van der Waals surface area contributed by atoms with Gasteiger partial charge < -0.3 is 15.2 Å². The third-order valence-electron chi connectivity index (χ3n) is 2.35. The first-order valence-corrected chi connectivity index (χ1v) is 4.41. The van der Waals surface area contributed by atoms with E-state index >= 15 is 0 Å². The summed E-state index contributed by atoms with van der Waals surface area (Å²) in [5, 5.41) is 12.9. The minimum atomic E-state index is -0.355. The van der Waals surface area contributed by atoms with Crippen LogP contribution >= 0.6 is 0 Å². The molecule has 2 N–H and O–H groups in total. The molecule has 2 rings (SSSR count). The minimum Gasteiger partial charge on any atom is -0.497 e. The van der Waals surface area contributed by atoms with Crippen molar-refractivity contribution in [2.75, 3.05) is 19.0 Å². The van der Waals surface area contributed by atoms with Gasteiger partial charge in [-0.2, -0.15) is 0 Å². The first-order chi connectivity index (χ1) is 6.31. The lowest BCUT2D eigenvalue weighted by Gasteiger charge is -2.23. The number of fused-ring (bicyclic) bond motifs is 1. The fourth-order valence-corrected chi connectivity index (χ4v) is 1.60. The maximum atomic E-state index is 9.69. The summed E-state index contributed by atoms with van der Waals surface area (Å²) in [6.45, 7) is 0.834. The van der Waals surface area contributed by atoms with Crippen LogP contribution in [0.25, 0.3) is 0 Å². The second-order valence-corrected chi connectivity index (χ2v) is 3.18. The number of nitrogens with one attached hydrogen (secondary N) is 1. The summed E-state index contributed by atoms with van der Waals surface area (Å²) in [6.07, 6.45) is 0.409. The van der Waals surface area contributed by atoms with Crippen LogP contribution in [0.1, 0.15) is 18.1 Å². The molecule has 1 atom stereocenters. The van der Waals surface area contributed by atoms with Crippen LogP contribution in [-0.2, 0) is 0 Å². The molecule has 1 heterocycles. The van der Waals surface area contributed by atoms with Crippen molar-refractivity contribution in [2.45, 2.75) is 12.5 Å². The Kier molecular flexibility index (Phi) is 2.10. The monoisotopic (exact) mass is 179 g/mol. The van der Waals surface area contributed by atoms with Gasteiger partial charge in [-0.15, -0.1) is 0 Å². The smallest absolute Gasteiger partial charge is 0.119 e. The van der Waals surface area contributed by atoms with E-state index in [-0.39, 0.29) is 6.10 Å². The highest BCUT2D eigenvalue weighted by Gasteiger charge is 2.17. The summed E-state index contributed by atoms with van der Waals surface area (Å²) in [4.78, 5) is 0. The summed E-state index contributed by atoms with van der Waals surface area (Å²) in [5.41, 5.74) is 1.95. The van der Waals surface area contributed by atoms with Crippen molar-refractivity contribution in [1.29, 1.82) is 0 Å². The van der Waals surface area contributed by atoms with Crippen molar-refractivity contribution in [3.63, 3.8) is 0 Å². The van der Waals surface area contributed by atoms with E-state index in [9.17, 15) is 5.11 Å². The van der Waals surface area contributed by atoms with Gasteiger partial charge in [-0.3, -0.25) is 0 Å². The number of anilines is 1. The number of hydrogen-bond donors (Lipinski definition) is 2. The van der Waals surface area contributed by atoms with E-state index in [0.29, 0.717) is 0 Å². The molecule has 1 aliphatic heterocycles. The molecule has 70 valence electrons. The van der Waals surface area contributed by atoms with Crippen LogP contribution in [0.5, 0.6) is 5.75 Å². The molecule has 1 unspecified atom stereocenters. The Morgan fingerprint density at radius 1 is 1.54 bits per heavy atom. The van der Waals surface area contributed by atoms with E-state index in [1.54, 1.807) is 7.11 Å². The van der Waals surface area contributed by atoms with Crippen molar-refractivity contribution in [3.8, 4) is 5.75 Å². The minimum absolute atomic E-state index is 0.355. The Labute approximate surface area is 77.3 Å². The normalized spacial score (nSPS) is 20.3. The lowest BCUT2D eigenvalue weighted by Crippen LogP contribution is -2.16. The van der Waals surface area contributed by atoms with E-state index in [1.807, 2.05) is 18.2 Å². The third kappa shape index (κ3) is 1.47.